The van der Waals surface area contributed by atoms with Crippen molar-refractivity contribution in [3.05, 3.63) is 34.9 Å². The number of rotatable bonds is 80. The van der Waals surface area contributed by atoms with Crippen LogP contribution in [-0.4, -0.2) is 160 Å². The highest BCUT2D eigenvalue weighted by Gasteiger charge is 2.21. The van der Waals surface area contributed by atoms with Crippen LogP contribution in [0, 0.1) is 0 Å². The highest BCUT2D eigenvalue weighted by molar-refractivity contribution is 6.03. The molecular weight excluding hydrogens is 1380 g/mol. The summed E-state index contributed by atoms with van der Waals surface area (Å²) in [5, 5.41) is 6.26. The minimum atomic E-state index is -0.561. The third kappa shape index (κ3) is 60.9. The molecule has 110 heavy (non-hydrogen) atoms. The predicted molar refractivity (Wildman–Crippen MR) is 456 cm³/mol. The molecular formula is C93H171N5O12. The van der Waals surface area contributed by atoms with Gasteiger partial charge in [-0.1, -0.05) is 235 Å². The van der Waals surface area contributed by atoms with Crippen molar-refractivity contribution in [2.45, 2.75) is 439 Å². The van der Waals surface area contributed by atoms with Crippen LogP contribution in [0.2, 0.25) is 0 Å². The van der Waals surface area contributed by atoms with Crippen molar-refractivity contribution in [2.24, 2.45) is 0 Å². The van der Waals surface area contributed by atoms with E-state index in [0.717, 1.165) is 296 Å². The second-order valence-corrected chi connectivity index (χ2v) is 32.3. The first-order valence-corrected chi connectivity index (χ1v) is 46.3. The van der Waals surface area contributed by atoms with Gasteiger partial charge in [-0.15, -0.1) is 0 Å². The van der Waals surface area contributed by atoms with E-state index in [2.05, 4.69) is 80.7 Å². The number of esters is 5. The predicted octanol–water partition coefficient (Wildman–Crippen LogP) is 23.1. The number of carbonyl (C=O) groups is 7. The van der Waals surface area contributed by atoms with E-state index in [1.54, 1.807) is 18.2 Å². The Morgan fingerprint density at radius 3 is 0.809 bits per heavy atom. The number of nitrogens with one attached hydrogen (secondary N) is 2. The van der Waals surface area contributed by atoms with Crippen LogP contribution in [0.15, 0.2) is 18.2 Å². The van der Waals surface area contributed by atoms with E-state index in [9.17, 15) is 33.6 Å². The molecule has 0 fully saturated rings. The van der Waals surface area contributed by atoms with Gasteiger partial charge in [-0.05, 0) is 232 Å². The van der Waals surface area contributed by atoms with Crippen molar-refractivity contribution >= 4 is 41.7 Å². The summed E-state index contributed by atoms with van der Waals surface area (Å²) >= 11 is 0. The summed E-state index contributed by atoms with van der Waals surface area (Å²) in [7, 11) is 4.03. The van der Waals surface area contributed by atoms with Gasteiger partial charge in [-0.25, -0.2) is 4.79 Å². The lowest BCUT2D eigenvalue weighted by molar-refractivity contribution is -0.150. The number of benzene rings is 1. The molecule has 0 bridgehead atoms. The fourth-order valence-electron chi connectivity index (χ4n) is 14.5. The molecule has 17 nitrogen and oxygen atoms in total. The van der Waals surface area contributed by atoms with Crippen molar-refractivity contribution in [1.29, 1.82) is 0 Å². The molecule has 1 rings (SSSR count). The highest BCUT2D eigenvalue weighted by Crippen LogP contribution is 2.21. The average molecular weight is 1550 g/mol. The molecule has 17 heteroatoms. The van der Waals surface area contributed by atoms with Gasteiger partial charge < -0.3 is 49.0 Å². The molecule has 1 aromatic carbocycles. The third-order valence-corrected chi connectivity index (χ3v) is 21.8. The number of hydrogen-bond acceptors (Lipinski definition) is 15. The zero-order valence-electron chi connectivity index (χ0n) is 73.0. The maximum Gasteiger partial charge on any atom is 0.338 e. The average Bonchev–Trinajstić information content (AvgIpc) is 0.826. The Kier molecular flexibility index (Phi) is 70.0. The Morgan fingerprint density at radius 2 is 0.536 bits per heavy atom. The smallest absolute Gasteiger partial charge is 0.338 e. The maximum absolute atomic E-state index is 14.1. The molecule has 2 N–H and O–H groups in total. The Bertz CT molecular complexity index is 2150. The van der Waals surface area contributed by atoms with Gasteiger partial charge >= 0.3 is 29.8 Å². The molecule has 0 saturated heterocycles. The van der Waals surface area contributed by atoms with Crippen LogP contribution < -0.4 is 10.6 Å². The van der Waals surface area contributed by atoms with Gasteiger partial charge in [0.15, 0.2) is 0 Å². The number of ether oxygens (including phenoxy) is 5. The standard InChI is InChI=1S/C93H171N5O12/c1-11-19-23-43-59-83(15-5)107-87(99)63-47-35-27-31-39-51-70-97(71-52-40-32-28-36-48-64-88(100)108-84(16-6)60-44-24-20-12-2)74-57-67-94-91(103)80-77-81(79-82(78-80)93(105)106-76-56-55-69-96(9)10)92(104)95-68-58-75-98(72-53-41-33-29-37-49-65-89(101)109-85(17-7)61-45-25-21-13-3)73-54-42-34-30-38-50-66-90(102)110-86(18-8)62-46-26-22-14-4/h77-79,83-86H,11-76H2,1-10H3,(H,94,103)(H,95,104). The highest BCUT2D eigenvalue weighted by atomic mass is 16.6. The third-order valence-electron chi connectivity index (χ3n) is 21.8. The molecule has 0 aliphatic heterocycles. The van der Waals surface area contributed by atoms with E-state index in [1.807, 2.05) is 14.1 Å². The Hall–Kier alpha value is -4.61. The molecule has 2 amide bonds. The van der Waals surface area contributed by atoms with Crippen molar-refractivity contribution in [1.82, 2.24) is 25.3 Å². The molecule has 0 heterocycles. The molecule has 0 aliphatic carbocycles. The topological polar surface area (TPSA) is 199 Å². The van der Waals surface area contributed by atoms with E-state index in [1.165, 1.54) is 77.0 Å². The van der Waals surface area contributed by atoms with Gasteiger partial charge in [0.05, 0.1) is 12.2 Å². The van der Waals surface area contributed by atoms with Gasteiger partial charge in [-0.3, -0.25) is 28.8 Å². The molecule has 1 aromatic rings. The number of carbonyl (C=O) groups excluding carboxylic acids is 7. The quantitative estimate of drug-likeness (QED) is 0.0354. The Balaban J connectivity index is 3.08. The summed E-state index contributed by atoms with van der Waals surface area (Å²) in [6.07, 6.45) is 56.6. The zero-order chi connectivity index (χ0) is 80.6. The Morgan fingerprint density at radius 1 is 0.291 bits per heavy atom. The van der Waals surface area contributed by atoms with Crippen LogP contribution in [-0.2, 0) is 42.9 Å². The number of amides is 2. The van der Waals surface area contributed by atoms with E-state index in [4.69, 9.17) is 23.7 Å². The summed E-state index contributed by atoms with van der Waals surface area (Å²) in [5.74, 6) is -1.47. The van der Waals surface area contributed by atoms with Crippen LogP contribution in [0.5, 0.6) is 0 Å². The lowest BCUT2D eigenvalue weighted by Crippen LogP contribution is -2.32. The number of hydrogen-bond donors (Lipinski definition) is 2. The first-order chi connectivity index (χ1) is 53.5. The van der Waals surface area contributed by atoms with Crippen LogP contribution >= 0.6 is 0 Å². The van der Waals surface area contributed by atoms with Crippen LogP contribution in [0.1, 0.15) is 446 Å². The van der Waals surface area contributed by atoms with Gasteiger partial charge in [0.2, 0.25) is 0 Å². The SMILES string of the molecule is CCCCCCC(CC)OC(=O)CCCCCCCCN(CCCCCCCCC(=O)OC(CC)CCCCCC)CCCNC(=O)c1cc(C(=O)NCCCN(CCCCCCCCC(=O)OC(CC)CCCCCC)CCCCCCCCC(=O)OC(CC)CCCCCC)cc(C(=O)OCCCCN(C)C)c1. The van der Waals surface area contributed by atoms with Crippen LogP contribution in [0.4, 0.5) is 0 Å². The van der Waals surface area contributed by atoms with Gasteiger partial charge in [0.1, 0.15) is 24.4 Å². The van der Waals surface area contributed by atoms with Crippen molar-refractivity contribution in [2.75, 3.05) is 79.6 Å². The van der Waals surface area contributed by atoms with Crippen molar-refractivity contribution < 1.29 is 57.2 Å². The molecule has 4 atom stereocenters. The van der Waals surface area contributed by atoms with Crippen LogP contribution in [0.3, 0.4) is 0 Å². The molecule has 0 radical (unpaired) electrons. The molecule has 0 aliphatic rings. The maximum atomic E-state index is 14.1. The second-order valence-electron chi connectivity index (χ2n) is 32.3. The lowest BCUT2D eigenvalue weighted by atomic mass is 10.0. The van der Waals surface area contributed by atoms with Crippen molar-refractivity contribution in [3.8, 4) is 0 Å². The first kappa shape index (κ1) is 103. The zero-order valence-corrected chi connectivity index (χ0v) is 73.0. The van der Waals surface area contributed by atoms with Gasteiger partial charge in [0.25, 0.3) is 11.8 Å². The normalized spacial score (nSPS) is 12.7. The van der Waals surface area contributed by atoms with Gasteiger partial charge in [0, 0.05) is 49.9 Å². The summed E-state index contributed by atoms with van der Waals surface area (Å²) in [6.45, 7) is 24.8. The molecule has 640 valence electrons. The van der Waals surface area contributed by atoms with Crippen molar-refractivity contribution in [3.63, 3.8) is 0 Å². The summed E-state index contributed by atoms with van der Waals surface area (Å²) in [6, 6.07) is 4.70. The fourth-order valence-corrected chi connectivity index (χ4v) is 14.5. The summed E-state index contributed by atoms with van der Waals surface area (Å²) in [4.78, 5) is 99.9. The molecule has 0 spiro atoms. The van der Waals surface area contributed by atoms with E-state index < -0.39 is 5.97 Å². The van der Waals surface area contributed by atoms with E-state index in [0.29, 0.717) is 45.2 Å². The van der Waals surface area contributed by atoms with Gasteiger partial charge in [-0.2, -0.15) is 0 Å². The Labute approximate surface area is 674 Å². The molecule has 4 unspecified atom stereocenters. The summed E-state index contributed by atoms with van der Waals surface area (Å²) in [5.41, 5.74) is 0.659. The second kappa shape index (κ2) is 74.5. The minimum absolute atomic E-state index is 0.0367. The van der Waals surface area contributed by atoms with E-state index in [-0.39, 0.29) is 83.4 Å². The lowest BCUT2D eigenvalue weighted by Gasteiger charge is -2.22. The fraction of sp³-hybridized carbons (Fsp3) is 0.860. The number of unbranched alkanes of at least 4 members (excludes halogenated alkanes) is 33. The van der Waals surface area contributed by atoms with Crippen LogP contribution in [0.25, 0.3) is 0 Å². The largest absolute Gasteiger partial charge is 0.462 e. The molecule has 0 aromatic heterocycles. The molecule has 0 saturated carbocycles. The van der Waals surface area contributed by atoms with E-state index >= 15 is 0 Å². The monoisotopic (exact) mass is 1550 g/mol. The summed E-state index contributed by atoms with van der Waals surface area (Å²) < 4.78 is 29.1. The minimum Gasteiger partial charge on any atom is -0.462 e. The number of nitrogens with zero attached hydrogens (tertiary/aromatic N) is 3. The first-order valence-electron chi connectivity index (χ1n) is 46.3.